The van der Waals surface area contributed by atoms with E-state index >= 15 is 0 Å². The second-order valence-electron chi connectivity index (χ2n) is 4.40. The predicted octanol–water partition coefficient (Wildman–Crippen LogP) is 4.19. The highest BCUT2D eigenvalue weighted by molar-refractivity contribution is 6.31. The lowest BCUT2D eigenvalue weighted by Crippen LogP contribution is -1.93. The van der Waals surface area contributed by atoms with Crippen LogP contribution >= 0.6 is 11.6 Å². The first kappa shape index (κ1) is 12.8. The highest BCUT2D eigenvalue weighted by Crippen LogP contribution is 2.24. The van der Waals surface area contributed by atoms with Crippen LogP contribution in [0, 0.1) is 6.92 Å². The summed E-state index contributed by atoms with van der Waals surface area (Å²) in [6, 6.07) is 7.94. The number of Topliss-reactive ketones (excluding diaryl/α,β-unsaturated/α-hetero) is 1. The maximum absolute atomic E-state index is 11.2. The van der Waals surface area contributed by atoms with Crippen molar-refractivity contribution in [3.8, 4) is 0 Å². The third-order valence-corrected chi connectivity index (χ3v) is 3.26. The standard InChI is InChI=1S/C15H14ClNO/c1-9-5-4-6-12-8-13(7-10(2)11(3)18)15(16)17-14(9)12/h4-8H,1-3H3/b10-7+. The van der Waals surface area contributed by atoms with Gasteiger partial charge in [0.15, 0.2) is 5.78 Å². The molecule has 0 N–H and O–H groups in total. The van der Waals surface area contributed by atoms with Gasteiger partial charge in [-0.25, -0.2) is 4.98 Å². The Bertz CT molecular complexity index is 659. The van der Waals surface area contributed by atoms with Crippen molar-refractivity contribution in [2.75, 3.05) is 0 Å². The van der Waals surface area contributed by atoms with Gasteiger partial charge >= 0.3 is 0 Å². The molecule has 0 radical (unpaired) electrons. The van der Waals surface area contributed by atoms with E-state index in [2.05, 4.69) is 4.98 Å². The average Bonchev–Trinajstić information content (AvgIpc) is 2.31. The van der Waals surface area contributed by atoms with Gasteiger partial charge in [-0.15, -0.1) is 0 Å². The Morgan fingerprint density at radius 3 is 2.72 bits per heavy atom. The third kappa shape index (κ3) is 2.44. The molecule has 0 unspecified atom stereocenters. The summed E-state index contributed by atoms with van der Waals surface area (Å²) in [6.45, 7) is 5.32. The predicted molar refractivity (Wildman–Crippen MR) is 75.8 cm³/mol. The minimum atomic E-state index is 0.0374. The molecule has 0 spiro atoms. The Labute approximate surface area is 111 Å². The Balaban J connectivity index is 2.64. The van der Waals surface area contributed by atoms with Crippen molar-refractivity contribution < 1.29 is 4.79 Å². The zero-order chi connectivity index (χ0) is 13.3. The summed E-state index contributed by atoms with van der Waals surface area (Å²) < 4.78 is 0. The molecule has 92 valence electrons. The van der Waals surface area contributed by atoms with Gasteiger partial charge in [-0.05, 0) is 44.1 Å². The summed E-state index contributed by atoms with van der Waals surface area (Å²) in [4.78, 5) is 15.6. The normalized spacial score (nSPS) is 11.9. The summed E-state index contributed by atoms with van der Waals surface area (Å²) in [5.41, 5.74) is 3.45. The molecule has 0 aliphatic carbocycles. The Kier molecular flexibility index (Phi) is 3.48. The second kappa shape index (κ2) is 4.91. The monoisotopic (exact) mass is 259 g/mol. The van der Waals surface area contributed by atoms with Crippen LogP contribution < -0.4 is 0 Å². The van der Waals surface area contributed by atoms with Gasteiger partial charge in [0.25, 0.3) is 0 Å². The number of halogens is 1. The van der Waals surface area contributed by atoms with Gasteiger partial charge in [0.2, 0.25) is 0 Å². The Hall–Kier alpha value is -1.67. The van der Waals surface area contributed by atoms with E-state index in [0.29, 0.717) is 10.7 Å². The van der Waals surface area contributed by atoms with Gasteiger partial charge in [0.1, 0.15) is 5.15 Å². The van der Waals surface area contributed by atoms with Crippen LogP contribution in [0.1, 0.15) is 25.0 Å². The van der Waals surface area contributed by atoms with Gasteiger partial charge in [0, 0.05) is 10.9 Å². The van der Waals surface area contributed by atoms with E-state index < -0.39 is 0 Å². The van der Waals surface area contributed by atoms with Crippen LogP contribution in [-0.4, -0.2) is 10.8 Å². The fourth-order valence-corrected chi connectivity index (χ4v) is 1.97. The van der Waals surface area contributed by atoms with Gasteiger partial charge in [0.05, 0.1) is 5.52 Å². The van der Waals surface area contributed by atoms with E-state index in [1.807, 2.05) is 31.2 Å². The third-order valence-electron chi connectivity index (χ3n) is 2.96. The molecule has 1 heterocycles. The number of benzene rings is 1. The molecule has 0 fully saturated rings. The van der Waals surface area contributed by atoms with Crippen molar-refractivity contribution in [3.05, 3.63) is 46.1 Å². The highest BCUT2D eigenvalue weighted by Gasteiger charge is 2.06. The summed E-state index contributed by atoms with van der Waals surface area (Å²) in [7, 11) is 0. The van der Waals surface area contributed by atoms with Crippen LogP contribution in [0.15, 0.2) is 29.8 Å². The average molecular weight is 260 g/mol. The Morgan fingerprint density at radius 1 is 1.33 bits per heavy atom. The van der Waals surface area contributed by atoms with Crippen molar-refractivity contribution in [2.24, 2.45) is 0 Å². The summed E-state index contributed by atoms with van der Waals surface area (Å²) in [6.07, 6.45) is 1.78. The quantitative estimate of drug-likeness (QED) is 0.598. The lowest BCUT2D eigenvalue weighted by molar-refractivity contribution is -0.113. The molecule has 1 aromatic heterocycles. The SMILES string of the molecule is CC(=O)/C(C)=C/c1cc2cccc(C)c2nc1Cl. The Morgan fingerprint density at radius 2 is 2.06 bits per heavy atom. The largest absolute Gasteiger partial charge is 0.295 e. The molecule has 0 atom stereocenters. The molecule has 0 bridgehead atoms. The van der Waals surface area contributed by atoms with Gasteiger partial charge in [-0.2, -0.15) is 0 Å². The number of aromatic nitrogens is 1. The van der Waals surface area contributed by atoms with E-state index in [1.54, 1.807) is 19.9 Å². The van der Waals surface area contributed by atoms with Crippen LogP contribution in [0.2, 0.25) is 5.15 Å². The maximum Gasteiger partial charge on any atom is 0.155 e. The lowest BCUT2D eigenvalue weighted by atomic mass is 10.1. The van der Waals surface area contributed by atoms with Crippen LogP contribution in [0.5, 0.6) is 0 Å². The summed E-state index contributed by atoms with van der Waals surface area (Å²) in [5, 5.41) is 1.46. The minimum Gasteiger partial charge on any atom is -0.295 e. The van der Waals surface area contributed by atoms with E-state index in [9.17, 15) is 4.79 Å². The number of ketones is 1. The van der Waals surface area contributed by atoms with Gasteiger partial charge in [-0.1, -0.05) is 29.8 Å². The first-order valence-corrected chi connectivity index (χ1v) is 6.12. The zero-order valence-electron chi connectivity index (χ0n) is 10.6. The van der Waals surface area contributed by atoms with Crippen molar-refractivity contribution in [2.45, 2.75) is 20.8 Å². The first-order valence-electron chi connectivity index (χ1n) is 5.74. The molecule has 18 heavy (non-hydrogen) atoms. The van der Waals surface area contributed by atoms with Crippen LogP contribution in [0.4, 0.5) is 0 Å². The van der Waals surface area contributed by atoms with E-state index in [4.69, 9.17) is 11.6 Å². The smallest absolute Gasteiger partial charge is 0.155 e. The van der Waals surface area contributed by atoms with Crippen LogP contribution in [-0.2, 0) is 4.79 Å². The zero-order valence-corrected chi connectivity index (χ0v) is 11.4. The highest BCUT2D eigenvalue weighted by atomic mass is 35.5. The number of rotatable bonds is 2. The first-order chi connectivity index (χ1) is 8.49. The molecule has 0 aliphatic rings. The number of allylic oxidation sites excluding steroid dienone is 1. The number of nitrogens with zero attached hydrogens (tertiary/aromatic N) is 1. The lowest BCUT2D eigenvalue weighted by Gasteiger charge is -2.05. The molecule has 1 aromatic carbocycles. The molecule has 2 aromatic rings. The van der Waals surface area contributed by atoms with Crippen molar-refractivity contribution >= 4 is 34.4 Å². The van der Waals surface area contributed by atoms with Crippen LogP contribution in [0.25, 0.3) is 17.0 Å². The van der Waals surface area contributed by atoms with Crippen molar-refractivity contribution in [1.29, 1.82) is 0 Å². The number of para-hydroxylation sites is 1. The van der Waals surface area contributed by atoms with E-state index in [0.717, 1.165) is 22.0 Å². The molecule has 3 heteroatoms. The second-order valence-corrected chi connectivity index (χ2v) is 4.76. The fraction of sp³-hybridized carbons (Fsp3) is 0.200. The minimum absolute atomic E-state index is 0.0374. The number of hydrogen-bond acceptors (Lipinski definition) is 2. The molecule has 0 amide bonds. The molecule has 0 aliphatic heterocycles. The molecule has 2 rings (SSSR count). The number of hydrogen-bond donors (Lipinski definition) is 0. The van der Waals surface area contributed by atoms with Crippen LogP contribution in [0.3, 0.4) is 0 Å². The topological polar surface area (TPSA) is 30.0 Å². The maximum atomic E-state index is 11.2. The molecule has 2 nitrogen and oxygen atoms in total. The fourth-order valence-electron chi connectivity index (χ4n) is 1.78. The number of aryl methyl sites for hydroxylation is 1. The van der Waals surface area contributed by atoms with Gasteiger partial charge in [-0.3, -0.25) is 4.79 Å². The number of fused-ring (bicyclic) bond motifs is 1. The molecule has 0 saturated heterocycles. The number of carbonyl (C=O) groups is 1. The molecule has 0 saturated carbocycles. The summed E-state index contributed by atoms with van der Waals surface area (Å²) in [5.74, 6) is 0.0374. The number of carbonyl (C=O) groups excluding carboxylic acids is 1. The van der Waals surface area contributed by atoms with Gasteiger partial charge < -0.3 is 0 Å². The number of pyridine rings is 1. The molecular weight excluding hydrogens is 246 g/mol. The van der Waals surface area contributed by atoms with Crippen molar-refractivity contribution in [3.63, 3.8) is 0 Å². The summed E-state index contributed by atoms with van der Waals surface area (Å²) >= 11 is 6.16. The molecular formula is C15H14ClNO. The van der Waals surface area contributed by atoms with E-state index in [1.165, 1.54) is 0 Å². The van der Waals surface area contributed by atoms with E-state index in [-0.39, 0.29) is 5.78 Å². The van der Waals surface area contributed by atoms with Crippen molar-refractivity contribution in [1.82, 2.24) is 4.98 Å².